The molecule has 35 heavy (non-hydrogen) atoms. The van der Waals surface area contributed by atoms with E-state index < -0.39 is 0 Å². The third-order valence-corrected chi connectivity index (χ3v) is 6.22. The molecule has 0 bridgehead atoms. The van der Waals surface area contributed by atoms with Gasteiger partial charge in [0.1, 0.15) is 5.69 Å². The van der Waals surface area contributed by atoms with Crippen molar-refractivity contribution in [2.24, 2.45) is 5.10 Å². The number of nitro benzene ring substituents is 1. The van der Waals surface area contributed by atoms with E-state index in [-0.39, 0.29) is 21.9 Å². The number of benzene rings is 2. The van der Waals surface area contributed by atoms with Gasteiger partial charge < -0.3 is 10.2 Å². The fourth-order valence-corrected chi connectivity index (χ4v) is 4.17. The van der Waals surface area contributed by atoms with Gasteiger partial charge in [-0.05, 0) is 82.5 Å². The molecule has 1 aliphatic rings. The number of nitrogens with zero attached hydrogens (tertiary/aromatic N) is 7. The van der Waals surface area contributed by atoms with Gasteiger partial charge in [-0.2, -0.15) is 10.1 Å². The van der Waals surface area contributed by atoms with E-state index in [1.165, 1.54) is 12.3 Å². The predicted octanol–water partition coefficient (Wildman–Crippen LogP) is 4.71. The van der Waals surface area contributed by atoms with Crippen molar-refractivity contribution in [3.63, 3.8) is 0 Å². The molecular weight excluding hydrogens is 565 g/mol. The Morgan fingerprint density at radius 2 is 1.74 bits per heavy atom. The van der Waals surface area contributed by atoms with E-state index in [9.17, 15) is 10.1 Å². The average Bonchev–Trinajstić information content (AvgIpc) is 3.33. The van der Waals surface area contributed by atoms with Crippen molar-refractivity contribution in [2.75, 3.05) is 28.7 Å². The molecule has 0 amide bonds. The predicted molar refractivity (Wildman–Crippen MR) is 140 cm³/mol. The number of halogens is 1. The standard InChI is InChI=1S/C22H20IN9O3/c23-15-5-7-16(8-6-15)25-19-20(27-22-21(26-19)29-35-30-22)28-24-13-14-4-9-17(18(12-14)32(33)34)31-10-2-1-3-11-31/h4-9,12-13H,1-3,10-11H2,(H,25,26,29)(H,27,28,30)/b24-13+. The Kier molecular flexibility index (Phi) is 6.65. The molecule has 2 N–H and O–H groups in total. The second-order valence-electron chi connectivity index (χ2n) is 7.89. The van der Waals surface area contributed by atoms with Gasteiger partial charge in [0.15, 0.2) is 11.6 Å². The number of hydrazone groups is 1. The summed E-state index contributed by atoms with van der Waals surface area (Å²) >= 11 is 2.23. The van der Waals surface area contributed by atoms with Crippen LogP contribution in [0, 0.1) is 13.7 Å². The molecule has 13 heteroatoms. The minimum Gasteiger partial charge on any atom is -0.366 e. The first-order valence-corrected chi connectivity index (χ1v) is 12.0. The smallest absolute Gasteiger partial charge is 0.293 e. The van der Waals surface area contributed by atoms with E-state index in [4.69, 9.17) is 4.63 Å². The van der Waals surface area contributed by atoms with Crippen LogP contribution in [0.1, 0.15) is 24.8 Å². The number of hydrogen-bond donors (Lipinski definition) is 2. The van der Waals surface area contributed by atoms with Gasteiger partial charge >= 0.3 is 0 Å². The number of nitrogens with one attached hydrogen (secondary N) is 2. The van der Waals surface area contributed by atoms with E-state index in [1.807, 2.05) is 30.3 Å². The highest BCUT2D eigenvalue weighted by Gasteiger charge is 2.21. The van der Waals surface area contributed by atoms with Crippen molar-refractivity contribution in [2.45, 2.75) is 19.3 Å². The highest BCUT2D eigenvalue weighted by atomic mass is 127. The molecule has 0 unspecified atom stereocenters. The Balaban J connectivity index is 1.39. The van der Waals surface area contributed by atoms with Gasteiger partial charge in [0.25, 0.3) is 5.69 Å². The molecule has 0 saturated carbocycles. The zero-order valence-electron chi connectivity index (χ0n) is 18.4. The van der Waals surface area contributed by atoms with Gasteiger partial charge in [-0.25, -0.2) is 9.61 Å². The van der Waals surface area contributed by atoms with Crippen molar-refractivity contribution >= 4 is 68.8 Å². The zero-order chi connectivity index (χ0) is 24.2. The summed E-state index contributed by atoms with van der Waals surface area (Å²) in [5.41, 5.74) is 5.39. The van der Waals surface area contributed by atoms with Crippen molar-refractivity contribution in [1.82, 2.24) is 20.3 Å². The van der Waals surface area contributed by atoms with Crippen molar-refractivity contribution in [3.8, 4) is 0 Å². The minimum absolute atomic E-state index is 0.0619. The Morgan fingerprint density at radius 3 is 2.46 bits per heavy atom. The summed E-state index contributed by atoms with van der Waals surface area (Å²) < 4.78 is 5.82. The molecule has 0 atom stereocenters. The van der Waals surface area contributed by atoms with Gasteiger partial charge in [0.05, 0.1) is 11.1 Å². The summed E-state index contributed by atoms with van der Waals surface area (Å²) in [7, 11) is 0. The normalized spacial score (nSPS) is 13.9. The topological polar surface area (TPSA) is 148 Å². The monoisotopic (exact) mass is 585 g/mol. The van der Waals surface area contributed by atoms with Crippen LogP contribution in [0.2, 0.25) is 0 Å². The SMILES string of the molecule is O=[N+]([O-])c1cc(/C=N/Nc2nc3nonc3nc2Nc2ccc(I)cc2)ccc1N1CCCCC1. The van der Waals surface area contributed by atoms with Crippen LogP contribution in [0.5, 0.6) is 0 Å². The highest BCUT2D eigenvalue weighted by Crippen LogP contribution is 2.31. The summed E-state index contributed by atoms with van der Waals surface area (Å²) in [4.78, 5) is 22.2. The highest BCUT2D eigenvalue weighted by molar-refractivity contribution is 14.1. The summed E-state index contributed by atoms with van der Waals surface area (Å²) in [5, 5.41) is 26.6. The van der Waals surface area contributed by atoms with E-state index in [2.05, 4.69) is 63.6 Å². The molecule has 2 aromatic carbocycles. The number of rotatable bonds is 7. The molecule has 0 aliphatic carbocycles. The van der Waals surface area contributed by atoms with E-state index in [0.717, 1.165) is 41.6 Å². The van der Waals surface area contributed by atoms with Gasteiger partial charge in [0, 0.05) is 34.0 Å². The third kappa shape index (κ3) is 5.29. The van der Waals surface area contributed by atoms with Crippen LogP contribution in [0.4, 0.5) is 28.7 Å². The number of hydrogen-bond acceptors (Lipinski definition) is 11. The summed E-state index contributed by atoms with van der Waals surface area (Å²) in [6.45, 7) is 1.65. The Hall–Kier alpha value is -3.88. The van der Waals surface area contributed by atoms with Crippen LogP contribution in [-0.2, 0) is 0 Å². The van der Waals surface area contributed by atoms with Crippen LogP contribution < -0.4 is 15.6 Å². The van der Waals surface area contributed by atoms with Gasteiger partial charge in [-0.15, -0.1) is 0 Å². The first-order chi connectivity index (χ1) is 17.1. The Bertz CT molecular complexity index is 1380. The van der Waals surface area contributed by atoms with Crippen molar-refractivity contribution in [1.29, 1.82) is 0 Å². The maximum absolute atomic E-state index is 11.7. The maximum Gasteiger partial charge on any atom is 0.293 e. The molecule has 0 spiro atoms. The largest absolute Gasteiger partial charge is 0.366 e. The lowest BCUT2D eigenvalue weighted by Crippen LogP contribution is -2.29. The number of aromatic nitrogens is 4. The van der Waals surface area contributed by atoms with Gasteiger partial charge in [0.2, 0.25) is 11.3 Å². The quantitative estimate of drug-likeness (QED) is 0.135. The van der Waals surface area contributed by atoms with Crippen LogP contribution >= 0.6 is 22.6 Å². The summed E-state index contributed by atoms with van der Waals surface area (Å²) in [6, 6.07) is 12.8. The number of nitro groups is 1. The van der Waals surface area contributed by atoms with E-state index >= 15 is 0 Å². The number of fused-ring (bicyclic) bond motifs is 1. The number of piperidine rings is 1. The first-order valence-electron chi connectivity index (χ1n) is 10.9. The fraction of sp³-hybridized carbons (Fsp3) is 0.227. The maximum atomic E-state index is 11.7. The Morgan fingerprint density at radius 1 is 1.03 bits per heavy atom. The lowest BCUT2D eigenvalue weighted by molar-refractivity contribution is -0.384. The van der Waals surface area contributed by atoms with Crippen molar-refractivity contribution < 1.29 is 9.55 Å². The van der Waals surface area contributed by atoms with Gasteiger partial charge in [-0.3, -0.25) is 15.5 Å². The molecule has 12 nitrogen and oxygen atoms in total. The Labute approximate surface area is 213 Å². The molecule has 1 saturated heterocycles. The molecule has 5 rings (SSSR count). The molecule has 0 radical (unpaired) electrons. The fourth-order valence-electron chi connectivity index (χ4n) is 3.81. The molecule has 3 heterocycles. The van der Waals surface area contributed by atoms with Crippen LogP contribution in [0.3, 0.4) is 0 Å². The van der Waals surface area contributed by atoms with Gasteiger partial charge in [-0.1, -0.05) is 6.07 Å². The molecular formula is C22H20IN9O3. The van der Waals surface area contributed by atoms with Crippen LogP contribution in [0.15, 0.2) is 52.2 Å². The second-order valence-corrected chi connectivity index (χ2v) is 9.13. The summed E-state index contributed by atoms with van der Waals surface area (Å²) in [6.07, 6.45) is 4.72. The minimum atomic E-state index is -0.352. The molecule has 4 aromatic rings. The molecule has 1 aliphatic heterocycles. The van der Waals surface area contributed by atoms with E-state index in [1.54, 1.807) is 6.07 Å². The zero-order valence-corrected chi connectivity index (χ0v) is 20.5. The lowest BCUT2D eigenvalue weighted by atomic mass is 10.1. The van der Waals surface area contributed by atoms with Crippen LogP contribution in [0.25, 0.3) is 11.3 Å². The molecule has 178 valence electrons. The van der Waals surface area contributed by atoms with Crippen LogP contribution in [-0.4, -0.2) is 44.5 Å². The third-order valence-electron chi connectivity index (χ3n) is 5.50. The molecule has 1 fully saturated rings. The lowest BCUT2D eigenvalue weighted by Gasteiger charge is -2.28. The summed E-state index contributed by atoms with van der Waals surface area (Å²) in [5.74, 6) is 0.667. The first kappa shape index (κ1) is 22.9. The molecule has 2 aromatic heterocycles. The van der Waals surface area contributed by atoms with Crippen molar-refractivity contribution in [3.05, 3.63) is 61.7 Å². The van der Waals surface area contributed by atoms with E-state index in [0.29, 0.717) is 22.9 Å². The average molecular weight is 585 g/mol. The second kappa shape index (κ2) is 10.2. The number of anilines is 4.